The van der Waals surface area contributed by atoms with Crippen molar-refractivity contribution in [2.24, 2.45) is 0 Å². The fourth-order valence-electron chi connectivity index (χ4n) is 2.78. The van der Waals surface area contributed by atoms with E-state index in [4.69, 9.17) is 4.74 Å². The van der Waals surface area contributed by atoms with Crippen LogP contribution in [0.25, 0.3) is 22.2 Å². The number of rotatable bonds is 6. The van der Waals surface area contributed by atoms with Crippen molar-refractivity contribution < 1.29 is 9.53 Å². The molecule has 4 rings (SSSR count). The van der Waals surface area contributed by atoms with Crippen molar-refractivity contribution in [1.82, 2.24) is 15.0 Å². The van der Waals surface area contributed by atoms with Crippen LogP contribution in [-0.2, 0) is 11.3 Å². The van der Waals surface area contributed by atoms with Gasteiger partial charge in [0.15, 0.2) is 5.78 Å². The van der Waals surface area contributed by atoms with Crippen LogP contribution in [-0.4, -0.2) is 27.4 Å². The summed E-state index contributed by atoms with van der Waals surface area (Å²) < 4.78 is 7.21. The van der Waals surface area contributed by atoms with E-state index in [2.05, 4.69) is 22.4 Å². The predicted molar refractivity (Wildman–Crippen MR) is 99.9 cm³/mol. The quantitative estimate of drug-likeness (QED) is 0.535. The van der Waals surface area contributed by atoms with E-state index in [1.54, 1.807) is 4.68 Å². The molecule has 1 aromatic heterocycles. The average molecular weight is 343 g/mol. The molecule has 3 aromatic carbocycles. The van der Waals surface area contributed by atoms with Crippen LogP contribution in [0.15, 0.2) is 78.9 Å². The van der Waals surface area contributed by atoms with Crippen LogP contribution in [0, 0.1) is 0 Å². The summed E-state index contributed by atoms with van der Waals surface area (Å²) in [6.45, 7) is 0.140. The van der Waals surface area contributed by atoms with Gasteiger partial charge in [-0.15, -0.1) is 5.10 Å². The van der Waals surface area contributed by atoms with Gasteiger partial charge in [-0.25, -0.2) is 4.68 Å². The van der Waals surface area contributed by atoms with Crippen LogP contribution in [0.5, 0.6) is 5.75 Å². The zero-order valence-corrected chi connectivity index (χ0v) is 14.1. The van der Waals surface area contributed by atoms with Crippen LogP contribution < -0.4 is 4.74 Å². The van der Waals surface area contributed by atoms with E-state index >= 15 is 0 Å². The summed E-state index contributed by atoms with van der Waals surface area (Å²) in [5, 5.41) is 8.07. The van der Waals surface area contributed by atoms with Gasteiger partial charge < -0.3 is 4.74 Å². The molecular formula is C21H17N3O2. The number of nitrogens with zero attached hydrogens (tertiary/aromatic N) is 3. The summed E-state index contributed by atoms with van der Waals surface area (Å²) >= 11 is 0. The van der Waals surface area contributed by atoms with E-state index in [0.29, 0.717) is 5.75 Å². The molecule has 0 N–H and O–H groups in total. The third-order valence-electron chi connectivity index (χ3n) is 4.11. The Bertz CT molecular complexity index is 1020. The molecule has 5 nitrogen and oxygen atoms in total. The molecule has 0 aliphatic rings. The second-order valence-corrected chi connectivity index (χ2v) is 5.95. The van der Waals surface area contributed by atoms with Gasteiger partial charge in [-0.3, -0.25) is 4.79 Å². The summed E-state index contributed by atoms with van der Waals surface area (Å²) in [5.74, 6) is 0.606. The summed E-state index contributed by atoms with van der Waals surface area (Å²) in [4.78, 5) is 12.2. The van der Waals surface area contributed by atoms with Gasteiger partial charge in [0.1, 0.15) is 24.4 Å². The lowest BCUT2D eigenvalue weighted by molar-refractivity contribution is -0.121. The van der Waals surface area contributed by atoms with E-state index in [1.807, 2.05) is 66.7 Å². The van der Waals surface area contributed by atoms with Crippen LogP contribution in [0.3, 0.4) is 0 Å². The van der Waals surface area contributed by atoms with Gasteiger partial charge in [-0.05, 0) is 35.4 Å². The first-order chi connectivity index (χ1) is 12.8. The number of para-hydroxylation sites is 1. The number of hydrogen-bond acceptors (Lipinski definition) is 4. The molecule has 4 aromatic rings. The number of carbonyl (C=O) groups is 1. The molecular weight excluding hydrogens is 326 g/mol. The smallest absolute Gasteiger partial charge is 0.191 e. The molecule has 0 bridgehead atoms. The molecule has 0 unspecified atom stereocenters. The van der Waals surface area contributed by atoms with Crippen molar-refractivity contribution in [3.8, 4) is 16.9 Å². The molecule has 26 heavy (non-hydrogen) atoms. The molecule has 0 saturated heterocycles. The second-order valence-electron chi connectivity index (χ2n) is 5.95. The molecule has 0 aliphatic heterocycles. The highest BCUT2D eigenvalue weighted by molar-refractivity contribution is 5.82. The number of ether oxygens (including phenoxy) is 1. The molecule has 0 saturated carbocycles. The highest BCUT2D eigenvalue weighted by atomic mass is 16.5. The Balaban J connectivity index is 1.37. The molecule has 128 valence electrons. The van der Waals surface area contributed by atoms with E-state index in [-0.39, 0.29) is 18.9 Å². The minimum absolute atomic E-state index is 0.00112. The van der Waals surface area contributed by atoms with E-state index in [1.165, 1.54) is 0 Å². The molecule has 1 heterocycles. The van der Waals surface area contributed by atoms with Crippen molar-refractivity contribution >= 4 is 16.8 Å². The van der Waals surface area contributed by atoms with Gasteiger partial charge in [-0.2, -0.15) is 0 Å². The largest absolute Gasteiger partial charge is 0.486 e. The second kappa shape index (κ2) is 7.19. The highest BCUT2D eigenvalue weighted by Gasteiger charge is 2.09. The number of fused-ring (bicyclic) bond motifs is 1. The van der Waals surface area contributed by atoms with Crippen molar-refractivity contribution in [3.05, 3.63) is 78.9 Å². The Morgan fingerprint density at radius 2 is 1.54 bits per heavy atom. The first kappa shape index (κ1) is 16.0. The Morgan fingerprint density at radius 1 is 0.846 bits per heavy atom. The van der Waals surface area contributed by atoms with Gasteiger partial charge in [0.2, 0.25) is 0 Å². The zero-order valence-electron chi connectivity index (χ0n) is 14.1. The minimum atomic E-state index is -0.0622. The van der Waals surface area contributed by atoms with Gasteiger partial charge in [0.25, 0.3) is 0 Å². The number of hydrogen-bond donors (Lipinski definition) is 0. The van der Waals surface area contributed by atoms with Gasteiger partial charge >= 0.3 is 0 Å². The molecule has 0 spiro atoms. The average Bonchev–Trinajstić information content (AvgIpc) is 3.10. The molecule has 0 amide bonds. The zero-order chi connectivity index (χ0) is 17.8. The van der Waals surface area contributed by atoms with Crippen LogP contribution in [0.1, 0.15) is 0 Å². The lowest BCUT2D eigenvalue weighted by Crippen LogP contribution is -2.18. The van der Waals surface area contributed by atoms with E-state index < -0.39 is 0 Å². The number of ketones is 1. The maximum absolute atomic E-state index is 12.2. The van der Waals surface area contributed by atoms with E-state index in [0.717, 1.165) is 22.2 Å². The number of Topliss-reactive ketones (excluding diaryl/α,β-unsaturated/α-hetero) is 1. The topological polar surface area (TPSA) is 57.0 Å². The Hall–Kier alpha value is -3.47. The molecule has 5 heteroatoms. The summed E-state index contributed by atoms with van der Waals surface area (Å²) in [6, 6.07) is 25.4. The molecule has 0 fully saturated rings. The molecule has 0 aliphatic carbocycles. The van der Waals surface area contributed by atoms with Crippen molar-refractivity contribution in [1.29, 1.82) is 0 Å². The molecule has 0 radical (unpaired) electrons. The molecule has 0 atom stereocenters. The fourth-order valence-corrected chi connectivity index (χ4v) is 2.78. The third kappa shape index (κ3) is 3.47. The van der Waals surface area contributed by atoms with Gasteiger partial charge in [0.05, 0.1) is 5.52 Å². The minimum Gasteiger partial charge on any atom is -0.486 e. The van der Waals surface area contributed by atoms with Crippen molar-refractivity contribution in [2.45, 2.75) is 6.54 Å². The predicted octanol–water partition coefficient (Wildman–Crippen LogP) is 3.75. The SMILES string of the molecule is O=C(COc1ccc(-c2ccccc2)cc1)Cn1nnc2ccccc21. The maximum atomic E-state index is 12.2. The number of carbonyl (C=O) groups excluding carboxylic acids is 1. The lowest BCUT2D eigenvalue weighted by Gasteiger charge is -2.07. The Labute approximate surface area is 150 Å². The first-order valence-corrected chi connectivity index (χ1v) is 8.38. The first-order valence-electron chi connectivity index (χ1n) is 8.38. The van der Waals surface area contributed by atoms with E-state index in [9.17, 15) is 4.79 Å². The summed E-state index contributed by atoms with van der Waals surface area (Å²) in [5.41, 5.74) is 3.87. The van der Waals surface area contributed by atoms with Crippen LogP contribution in [0.2, 0.25) is 0 Å². The standard InChI is InChI=1S/C21H17N3O2/c25-18(14-24-21-9-5-4-8-20(21)22-23-24)15-26-19-12-10-17(11-13-19)16-6-2-1-3-7-16/h1-13H,14-15H2. The normalized spacial score (nSPS) is 10.8. The third-order valence-corrected chi connectivity index (χ3v) is 4.11. The summed E-state index contributed by atoms with van der Waals surface area (Å²) in [7, 11) is 0. The highest BCUT2D eigenvalue weighted by Crippen LogP contribution is 2.22. The van der Waals surface area contributed by atoms with Crippen molar-refractivity contribution in [2.75, 3.05) is 6.61 Å². The van der Waals surface area contributed by atoms with Crippen molar-refractivity contribution in [3.63, 3.8) is 0 Å². The lowest BCUT2D eigenvalue weighted by atomic mass is 10.1. The Kier molecular flexibility index (Phi) is 4.43. The summed E-state index contributed by atoms with van der Waals surface area (Å²) in [6.07, 6.45) is 0. The maximum Gasteiger partial charge on any atom is 0.191 e. The monoisotopic (exact) mass is 343 g/mol. The van der Waals surface area contributed by atoms with Crippen LogP contribution >= 0.6 is 0 Å². The number of benzene rings is 3. The van der Waals surface area contributed by atoms with Crippen LogP contribution in [0.4, 0.5) is 0 Å². The number of aromatic nitrogens is 3. The Morgan fingerprint density at radius 3 is 2.35 bits per heavy atom. The van der Waals surface area contributed by atoms with Gasteiger partial charge in [0, 0.05) is 0 Å². The fraction of sp³-hybridized carbons (Fsp3) is 0.0952. The van der Waals surface area contributed by atoms with Gasteiger partial charge in [-0.1, -0.05) is 59.8 Å².